The summed E-state index contributed by atoms with van der Waals surface area (Å²) in [7, 11) is 0. The van der Waals surface area contributed by atoms with Crippen molar-refractivity contribution in [1.82, 2.24) is 4.90 Å². The number of carbonyl (C=O) groups excluding carboxylic acids is 1. The molecule has 0 saturated heterocycles. The van der Waals surface area contributed by atoms with Gasteiger partial charge in [-0.05, 0) is 50.6 Å². The van der Waals surface area contributed by atoms with Crippen molar-refractivity contribution in [1.29, 1.82) is 0 Å². The lowest BCUT2D eigenvalue weighted by Gasteiger charge is -2.29. The molecule has 4 N–H and O–H groups in total. The average molecular weight is 525 g/mol. The molecule has 1 aliphatic rings. The molecule has 2 aromatic rings. The molecule has 2 aromatic carbocycles. The molecule has 1 amide bonds. The van der Waals surface area contributed by atoms with Gasteiger partial charge in [0.05, 0.1) is 35.6 Å². The molecule has 0 aliphatic carbocycles. The molecular formula is C23H26Cl2N4O6. The fourth-order valence-corrected chi connectivity index (χ4v) is 3.55. The van der Waals surface area contributed by atoms with E-state index in [1.807, 2.05) is 0 Å². The van der Waals surface area contributed by atoms with E-state index in [1.165, 1.54) is 17.0 Å². The van der Waals surface area contributed by atoms with Crippen molar-refractivity contribution in [2.24, 2.45) is 10.2 Å². The van der Waals surface area contributed by atoms with Crippen molar-refractivity contribution in [3.8, 4) is 5.75 Å². The second-order valence-electron chi connectivity index (χ2n) is 8.88. The van der Waals surface area contributed by atoms with Gasteiger partial charge in [0.2, 0.25) is 0 Å². The van der Waals surface area contributed by atoms with E-state index in [-0.39, 0.29) is 30.9 Å². The number of aliphatic hydroxyl groups excluding tert-OH is 1. The van der Waals surface area contributed by atoms with E-state index in [1.54, 1.807) is 45.0 Å². The third-order valence-electron chi connectivity index (χ3n) is 4.98. The number of alkyl halides is 1. The van der Waals surface area contributed by atoms with Gasteiger partial charge in [-0.3, -0.25) is 0 Å². The number of nitrogens with zero attached hydrogens (tertiary/aromatic N) is 3. The zero-order valence-electron chi connectivity index (χ0n) is 19.4. The van der Waals surface area contributed by atoms with Crippen LogP contribution < -0.4 is 10.5 Å². The first-order chi connectivity index (χ1) is 16.3. The summed E-state index contributed by atoms with van der Waals surface area (Å²) < 4.78 is 11.2. The van der Waals surface area contributed by atoms with Gasteiger partial charge in [-0.2, -0.15) is 5.11 Å². The van der Waals surface area contributed by atoms with Gasteiger partial charge in [-0.1, -0.05) is 29.3 Å². The predicted octanol–water partition coefficient (Wildman–Crippen LogP) is 4.85. The lowest BCUT2D eigenvalue weighted by molar-refractivity contribution is -0.140. The SMILES string of the molecule is CC(C)(C)OC(=O)N(CCOc1ccc2c(c1)N=NC2(Cl)C(=O)O)CC(O)c1ccc(Cl)c(N)c1. The first kappa shape index (κ1) is 26.5. The summed E-state index contributed by atoms with van der Waals surface area (Å²) in [5.74, 6) is -0.950. The molecule has 1 heterocycles. The molecule has 3 rings (SSSR count). The number of anilines is 1. The highest BCUT2D eigenvalue weighted by Gasteiger charge is 2.44. The third-order valence-corrected chi connectivity index (χ3v) is 5.77. The van der Waals surface area contributed by atoms with Crippen LogP contribution in [0.25, 0.3) is 0 Å². The van der Waals surface area contributed by atoms with Crippen LogP contribution in [0.4, 0.5) is 16.2 Å². The van der Waals surface area contributed by atoms with Crippen LogP contribution in [0.3, 0.4) is 0 Å². The molecule has 188 valence electrons. The van der Waals surface area contributed by atoms with E-state index in [0.29, 0.717) is 22.0 Å². The van der Waals surface area contributed by atoms with Crippen LogP contribution in [0.15, 0.2) is 46.6 Å². The number of hydrogen-bond acceptors (Lipinski definition) is 8. The minimum Gasteiger partial charge on any atom is -0.492 e. The van der Waals surface area contributed by atoms with Crippen LogP contribution in [-0.4, -0.2) is 52.5 Å². The quantitative estimate of drug-likeness (QED) is 0.254. The molecule has 2 atom stereocenters. The number of aliphatic carboxylic acids is 1. The topological polar surface area (TPSA) is 147 Å². The van der Waals surface area contributed by atoms with Crippen molar-refractivity contribution in [3.05, 3.63) is 52.5 Å². The molecule has 0 aromatic heterocycles. The van der Waals surface area contributed by atoms with Crippen molar-refractivity contribution in [2.75, 3.05) is 25.4 Å². The number of nitrogen functional groups attached to an aromatic ring is 1. The van der Waals surface area contributed by atoms with Gasteiger partial charge >= 0.3 is 12.1 Å². The van der Waals surface area contributed by atoms with Gasteiger partial charge in [-0.15, -0.1) is 5.11 Å². The minimum atomic E-state index is -1.96. The number of rotatable bonds is 8. The molecule has 1 aliphatic heterocycles. The summed E-state index contributed by atoms with van der Waals surface area (Å²) in [6.45, 7) is 5.28. The molecule has 10 nitrogen and oxygen atoms in total. The normalized spacial score (nSPS) is 17.5. The number of hydrogen-bond donors (Lipinski definition) is 3. The lowest BCUT2D eigenvalue weighted by atomic mass is 10.1. The van der Waals surface area contributed by atoms with Crippen LogP contribution in [-0.2, 0) is 14.5 Å². The predicted molar refractivity (Wildman–Crippen MR) is 130 cm³/mol. The number of nitrogens with two attached hydrogens (primary N) is 1. The van der Waals surface area contributed by atoms with Crippen molar-refractivity contribution in [2.45, 2.75) is 37.5 Å². The maximum absolute atomic E-state index is 12.8. The Labute approximate surface area is 212 Å². The molecule has 0 radical (unpaired) electrons. The number of carboxylic acids is 1. The van der Waals surface area contributed by atoms with Crippen molar-refractivity contribution in [3.63, 3.8) is 0 Å². The summed E-state index contributed by atoms with van der Waals surface area (Å²) in [4.78, 5) is 23.5. The average Bonchev–Trinajstić information content (AvgIpc) is 3.11. The van der Waals surface area contributed by atoms with E-state index in [2.05, 4.69) is 10.2 Å². The number of carbonyl (C=O) groups is 2. The lowest BCUT2D eigenvalue weighted by Crippen LogP contribution is -2.41. The van der Waals surface area contributed by atoms with E-state index in [9.17, 15) is 19.8 Å². The Hall–Kier alpha value is -3.08. The zero-order chi connectivity index (χ0) is 26.0. The molecule has 0 bridgehead atoms. The minimum absolute atomic E-state index is 0.0512. The van der Waals surface area contributed by atoms with Gasteiger partial charge in [0.1, 0.15) is 18.0 Å². The maximum atomic E-state index is 12.8. The maximum Gasteiger partial charge on any atom is 0.410 e. The van der Waals surface area contributed by atoms with E-state index < -0.39 is 28.8 Å². The smallest absolute Gasteiger partial charge is 0.410 e. The van der Waals surface area contributed by atoms with Gasteiger partial charge in [0.25, 0.3) is 5.00 Å². The Morgan fingerprint density at radius 2 is 1.94 bits per heavy atom. The van der Waals surface area contributed by atoms with E-state index in [0.717, 1.165) is 0 Å². The molecular weight excluding hydrogens is 499 g/mol. The Kier molecular flexibility index (Phi) is 7.78. The van der Waals surface area contributed by atoms with Gasteiger partial charge in [0.15, 0.2) is 0 Å². The number of azo groups is 1. The Bertz CT molecular complexity index is 1150. The summed E-state index contributed by atoms with van der Waals surface area (Å²) in [6, 6.07) is 9.27. The van der Waals surface area contributed by atoms with Crippen LogP contribution in [0, 0.1) is 0 Å². The van der Waals surface area contributed by atoms with Gasteiger partial charge in [0, 0.05) is 11.6 Å². The second-order valence-corrected chi connectivity index (χ2v) is 9.83. The summed E-state index contributed by atoms with van der Waals surface area (Å²) in [5.41, 5.74) is 6.40. The highest BCUT2D eigenvalue weighted by Crippen LogP contribution is 2.45. The van der Waals surface area contributed by atoms with Crippen LogP contribution in [0.5, 0.6) is 5.75 Å². The number of carboxylic acid groups (broad SMARTS) is 1. The number of halogens is 2. The van der Waals surface area contributed by atoms with Crippen LogP contribution in [0.2, 0.25) is 5.02 Å². The number of benzene rings is 2. The fraction of sp³-hybridized carbons (Fsp3) is 0.391. The van der Waals surface area contributed by atoms with Crippen LogP contribution in [0.1, 0.15) is 38.0 Å². The largest absolute Gasteiger partial charge is 0.492 e. The molecule has 0 spiro atoms. The molecule has 0 fully saturated rings. The standard InChI is InChI=1S/C23H26Cl2N4O6/c1-22(2,3)35-21(33)29(12-19(30)13-4-7-16(24)17(26)10-13)8-9-34-14-5-6-15-18(11-14)27-28-23(15,25)20(31)32/h4-7,10-11,19,30H,8-9,12,26H2,1-3H3,(H,31,32). The number of amides is 1. The van der Waals surface area contributed by atoms with E-state index in [4.69, 9.17) is 38.4 Å². The third kappa shape index (κ3) is 6.33. The summed E-state index contributed by atoms with van der Waals surface area (Å²) in [5, 5.41) is 27.8. The number of ether oxygens (including phenoxy) is 2. The highest BCUT2D eigenvalue weighted by atomic mass is 35.5. The van der Waals surface area contributed by atoms with E-state index >= 15 is 0 Å². The van der Waals surface area contributed by atoms with Crippen molar-refractivity contribution >= 4 is 46.6 Å². The second kappa shape index (κ2) is 10.3. The van der Waals surface area contributed by atoms with Gasteiger partial charge in [-0.25, -0.2) is 9.59 Å². The Morgan fingerprint density at radius 1 is 1.23 bits per heavy atom. The van der Waals surface area contributed by atoms with Gasteiger partial charge < -0.3 is 30.3 Å². The summed E-state index contributed by atoms with van der Waals surface area (Å²) >= 11 is 12.0. The summed E-state index contributed by atoms with van der Waals surface area (Å²) in [6.07, 6.45) is -1.67. The van der Waals surface area contributed by atoms with Crippen LogP contribution >= 0.6 is 23.2 Å². The zero-order valence-corrected chi connectivity index (χ0v) is 20.9. The number of aliphatic hydroxyl groups is 1. The monoisotopic (exact) mass is 524 g/mol. The molecule has 35 heavy (non-hydrogen) atoms. The Morgan fingerprint density at radius 3 is 2.57 bits per heavy atom. The first-order valence-corrected chi connectivity index (χ1v) is 11.4. The Balaban J connectivity index is 1.69. The number of fused-ring (bicyclic) bond motifs is 1. The molecule has 2 unspecified atom stereocenters. The fourth-order valence-electron chi connectivity index (χ4n) is 3.24. The first-order valence-electron chi connectivity index (χ1n) is 10.6. The molecule has 12 heteroatoms. The molecule has 0 saturated carbocycles. The highest BCUT2D eigenvalue weighted by molar-refractivity contribution is 6.34. The van der Waals surface area contributed by atoms with Crippen molar-refractivity contribution < 1.29 is 29.3 Å².